The lowest BCUT2D eigenvalue weighted by atomic mass is 10.0. The van der Waals surface area contributed by atoms with Crippen LogP contribution in [0.2, 0.25) is 0 Å². The summed E-state index contributed by atoms with van der Waals surface area (Å²) >= 11 is 1.35. The van der Waals surface area contributed by atoms with Gasteiger partial charge in [-0.25, -0.2) is 0 Å². The molecule has 2 N–H and O–H groups in total. The number of nitrogens with one attached hydrogen (secondary N) is 1. The van der Waals surface area contributed by atoms with Gasteiger partial charge in [0.05, 0.1) is 23.0 Å². The molecule has 7 heteroatoms. The fourth-order valence-electron chi connectivity index (χ4n) is 2.77. The molecule has 0 aliphatic carbocycles. The van der Waals surface area contributed by atoms with Crippen molar-refractivity contribution in [3.8, 4) is 0 Å². The molecule has 0 aliphatic heterocycles. The van der Waals surface area contributed by atoms with E-state index in [0.717, 1.165) is 27.0 Å². The summed E-state index contributed by atoms with van der Waals surface area (Å²) in [7, 11) is 1.84. The Labute approximate surface area is 149 Å². The van der Waals surface area contributed by atoms with E-state index in [0.29, 0.717) is 4.88 Å². The standard InChI is InChI=1S/C18H19N3O3S/c1-10-4-6-12(7-5-10)14(9-16(22)23)19-17(24)15-8-13-11(2)20-21(3)18(13)25-15/h4-8,14H,9H2,1-3H3,(H,19,24)(H,22,23)/t14-/m0/s1. The van der Waals surface area contributed by atoms with Gasteiger partial charge in [0.2, 0.25) is 0 Å². The van der Waals surface area contributed by atoms with Crippen molar-refractivity contribution in [3.05, 3.63) is 52.0 Å². The summed E-state index contributed by atoms with van der Waals surface area (Å²) in [4.78, 5) is 25.3. The number of carboxylic acid groups (broad SMARTS) is 1. The molecule has 6 nitrogen and oxygen atoms in total. The molecule has 0 saturated carbocycles. The van der Waals surface area contributed by atoms with Gasteiger partial charge in [-0.05, 0) is 25.5 Å². The van der Waals surface area contributed by atoms with Gasteiger partial charge in [0.15, 0.2) is 0 Å². The number of nitrogens with zero attached hydrogens (tertiary/aromatic N) is 2. The average Bonchev–Trinajstić information content (AvgIpc) is 3.09. The normalized spacial score (nSPS) is 12.3. The Kier molecular flexibility index (Phi) is 4.59. The Morgan fingerprint density at radius 3 is 2.56 bits per heavy atom. The van der Waals surface area contributed by atoms with E-state index in [1.807, 2.05) is 51.2 Å². The first-order valence-electron chi connectivity index (χ1n) is 7.87. The van der Waals surface area contributed by atoms with Gasteiger partial charge >= 0.3 is 5.97 Å². The number of hydrogen-bond acceptors (Lipinski definition) is 4. The van der Waals surface area contributed by atoms with Crippen LogP contribution in [-0.4, -0.2) is 26.8 Å². The fraction of sp³-hybridized carbons (Fsp3) is 0.278. The SMILES string of the molecule is Cc1ccc([C@H](CC(=O)O)NC(=O)c2cc3c(C)nn(C)c3s2)cc1. The van der Waals surface area contributed by atoms with Crippen LogP contribution in [-0.2, 0) is 11.8 Å². The van der Waals surface area contributed by atoms with Crippen LogP contribution in [0.25, 0.3) is 10.2 Å². The molecular formula is C18H19N3O3S. The molecule has 0 bridgehead atoms. The van der Waals surface area contributed by atoms with Gasteiger partial charge in [0, 0.05) is 12.4 Å². The number of hydrogen-bond donors (Lipinski definition) is 2. The van der Waals surface area contributed by atoms with Crippen LogP contribution < -0.4 is 5.32 Å². The molecule has 1 atom stereocenters. The number of amides is 1. The lowest BCUT2D eigenvalue weighted by molar-refractivity contribution is -0.137. The first-order valence-corrected chi connectivity index (χ1v) is 8.69. The molecule has 0 unspecified atom stereocenters. The van der Waals surface area contributed by atoms with E-state index >= 15 is 0 Å². The van der Waals surface area contributed by atoms with Crippen LogP contribution in [0.15, 0.2) is 30.3 Å². The van der Waals surface area contributed by atoms with Crippen molar-refractivity contribution < 1.29 is 14.7 Å². The second-order valence-electron chi connectivity index (χ2n) is 6.07. The summed E-state index contributed by atoms with van der Waals surface area (Å²) < 4.78 is 1.75. The molecule has 25 heavy (non-hydrogen) atoms. The van der Waals surface area contributed by atoms with E-state index in [2.05, 4.69) is 10.4 Å². The molecule has 2 heterocycles. The first kappa shape index (κ1) is 17.2. The number of benzene rings is 1. The van der Waals surface area contributed by atoms with E-state index in [9.17, 15) is 14.7 Å². The third kappa shape index (κ3) is 3.56. The number of thiophene rings is 1. The molecule has 0 aliphatic rings. The zero-order chi connectivity index (χ0) is 18.1. The predicted octanol–water partition coefficient (Wildman–Crippen LogP) is 3.20. The number of aromatic nitrogens is 2. The molecule has 1 amide bonds. The van der Waals surface area contributed by atoms with Crippen LogP contribution in [0.5, 0.6) is 0 Å². The molecule has 0 fully saturated rings. The largest absolute Gasteiger partial charge is 0.481 e. The lowest BCUT2D eigenvalue weighted by Crippen LogP contribution is -2.29. The van der Waals surface area contributed by atoms with E-state index in [4.69, 9.17) is 0 Å². The maximum atomic E-state index is 12.6. The summed E-state index contributed by atoms with van der Waals surface area (Å²) in [5.74, 6) is -1.23. The number of carbonyl (C=O) groups excluding carboxylic acids is 1. The van der Waals surface area contributed by atoms with E-state index in [-0.39, 0.29) is 12.3 Å². The van der Waals surface area contributed by atoms with Crippen LogP contribution in [0.1, 0.15) is 39.0 Å². The Morgan fingerprint density at radius 1 is 1.28 bits per heavy atom. The van der Waals surface area contributed by atoms with Crippen molar-refractivity contribution in [1.82, 2.24) is 15.1 Å². The highest BCUT2D eigenvalue weighted by molar-refractivity contribution is 7.20. The zero-order valence-electron chi connectivity index (χ0n) is 14.2. The number of fused-ring (bicyclic) bond motifs is 1. The lowest BCUT2D eigenvalue weighted by Gasteiger charge is -2.17. The molecule has 0 radical (unpaired) electrons. The number of aliphatic carboxylic acids is 1. The van der Waals surface area contributed by atoms with Crippen molar-refractivity contribution in [2.75, 3.05) is 0 Å². The second-order valence-corrected chi connectivity index (χ2v) is 7.10. The minimum Gasteiger partial charge on any atom is -0.481 e. The molecule has 3 aromatic rings. The summed E-state index contributed by atoms with van der Waals surface area (Å²) in [6.45, 7) is 3.86. The van der Waals surface area contributed by atoms with Gasteiger partial charge in [0.25, 0.3) is 5.91 Å². The molecule has 0 saturated heterocycles. The minimum atomic E-state index is -0.956. The highest BCUT2D eigenvalue weighted by atomic mass is 32.1. The van der Waals surface area contributed by atoms with Crippen LogP contribution in [0, 0.1) is 13.8 Å². The molecule has 1 aromatic carbocycles. The van der Waals surface area contributed by atoms with E-state index in [1.54, 1.807) is 4.68 Å². The highest BCUT2D eigenvalue weighted by Crippen LogP contribution is 2.28. The number of aryl methyl sites for hydroxylation is 3. The third-order valence-electron chi connectivity index (χ3n) is 4.08. The van der Waals surface area contributed by atoms with Crippen LogP contribution >= 0.6 is 11.3 Å². The van der Waals surface area contributed by atoms with E-state index in [1.165, 1.54) is 11.3 Å². The van der Waals surface area contributed by atoms with Crippen molar-refractivity contribution in [2.24, 2.45) is 7.05 Å². The summed E-state index contributed by atoms with van der Waals surface area (Å²) in [6, 6.07) is 8.75. The maximum Gasteiger partial charge on any atom is 0.305 e. The van der Waals surface area contributed by atoms with Crippen molar-refractivity contribution >= 4 is 33.4 Å². The van der Waals surface area contributed by atoms with Gasteiger partial charge < -0.3 is 10.4 Å². The second kappa shape index (κ2) is 6.68. The number of carboxylic acids is 1. The topological polar surface area (TPSA) is 84.2 Å². The monoisotopic (exact) mass is 357 g/mol. The fourth-order valence-corrected chi connectivity index (χ4v) is 3.80. The van der Waals surface area contributed by atoms with Crippen LogP contribution in [0.4, 0.5) is 0 Å². The smallest absolute Gasteiger partial charge is 0.305 e. The Bertz CT molecular complexity index is 906. The average molecular weight is 357 g/mol. The van der Waals surface area contributed by atoms with E-state index < -0.39 is 12.0 Å². The minimum absolute atomic E-state index is 0.166. The number of rotatable bonds is 5. The van der Waals surface area contributed by atoms with Crippen molar-refractivity contribution in [1.29, 1.82) is 0 Å². The Balaban J connectivity index is 1.86. The van der Waals surface area contributed by atoms with Gasteiger partial charge in [0.1, 0.15) is 4.83 Å². The van der Waals surface area contributed by atoms with Crippen molar-refractivity contribution in [3.63, 3.8) is 0 Å². The molecule has 130 valence electrons. The summed E-state index contributed by atoms with van der Waals surface area (Å²) in [5.41, 5.74) is 2.73. The maximum absolute atomic E-state index is 12.6. The molecule has 2 aromatic heterocycles. The third-order valence-corrected chi connectivity index (χ3v) is 5.28. The summed E-state index contributed by atoms with van der Waals surface area (Å²) in [6.07, 6.45) is -0.166. The summed E-state index contributed by atoms with van der Waals surface area (Å²) in [5, 5.41) is 17.3. The quantitative estimate of drug-likeness (QED) is 0.734. The van der Waals surface area contributed by atoms with Gasteiger partial charge in [-0.15, -0.1) is 11.3 Å². The highest BCUT2D eigenvalue weighted by Gasteiger charge is 2.21. The molecular weight excluding hydrogens is 338 g/mol. The Morgan fingerprint density at radius 2 is 1.96 bits per heavy atom. The van der Waals surface area contributed by atoms with Crippen molar-refractivity contribution in [2.45, 2.75) is 26.3 Å². The Hall–Kier alpha value is -2.67. The first-order chi connectivity index (χ1) is 11.8. The van der Waals surface area contributed by atoms with Crippen LogP contribution in [0.3, 0.4) is 0 Å². The van der Waals surface area contributed by atoms with Gasteiger partial charge in [-0.1, -0.05) is 29.8 Å². The zero-order valence-corrected chi connectivity index (χ0v) is 15.1. The predicted molar refractivity (Wildman–Crippen MR) is 97.0 cm³/mol. The van der Waals surface area contributed by atoms with Gasteiger partial charge in [-0.3, -0.25) is 14.3 Å². The molecule has 0 spiro atoms. The molecule has 3 rings (SSSR count). The number of carbonyl (C=O) groups is 2. The van der Waals surface area contributed by atoms with Gasteiger partial charge in [-0.2, -0.15) is 5.10 Å².